The van der Waals surface area contributed by atoms with Gasteiger partial charge >= 0.3 is 12.1 Å². The smallest absolute Gasteiger partial charge is 0.417 e. The molecule has 2 aromatic rings. The normalized spacial score (nSPS) is 15.0. The summed E-state index contributed by atoms with van der Waals surface area (Å²) in [6.07, 6.45) is -0.973. The summed E-state index contributed by atoms with van der Waals surface area (Å²) in [6.45, 7) is 2.12. The number of alkyl halides is 3. The lowest BCUT2D eigenvalue weighted by molar-refractivity contribution is -0.137. The summed E-state index contributed by atoms with van der Waals surface area (Å²) in [5, 5.41) is 9.29. The summed E-state index contributed by atoms with van der Waals surface area (Å²) in [7, 11) is 0. The van der Waals surface area contributed by atoms with E-state index in [1.807, 2.05) is 0 Å². The van der Waals surface area contributed by atoms with Crippen LogP contribution in [0.3, 0.4) is 0 Å². The summed E-state index contributed by atoms with van der Waals surface area (Å²) in [5.41, 5.74) is 0.0653. The van der Waals surface area contributed by atoms with Gasteiger partial charge in [0, 0.05) is 18.3 Å². The van der Waals surface area contributed by atoms with Crippen LogP contribution in [0.2, 0.25) is 0 Å². The Balaban J connectivity index is 2.21. The Kier molecular flexibility index (Phi) is 3.70. The van der Waals surface area contributed by atoms with Crippen LogP contribution in [0.5, 0.6) is 0 Å². The van der Waals surface area contributed by atoms with Crippen LogP contribution in [-0.2, 0) is 12.7 Å². The monoisotopic (exact) mass is 323 g/mol. The van der Waals surface area contributed by atoms with E-state index in [1.54, 1.807) is 17.6 Å². The summed E-state index contributed by atoms with van der Waals surface area (Å²) >= 11 is 0. The van der Waals surface area contributed by atoms with E-state index in [4.69, 9.17) is 0 Å². The maximum absolute atomic E-state index is 13.3. The number of carboxylic acid groups (broad SMARTS) is 1. The van der Waals surface area contributed by atoms with Gasteiger partial charge in [-0.1, -0.05) is 18.2 Å². The van der Waals surface area contributed by atoms with Crippen LogP contribution < -0.4 is 0 Å². The van der Waals surface area contributed by atoms with Crippen molar-refractivity contribution in [2.75, 3.05) is 0 Å². The minimum absolute atomic E-state index is 0.0330. The SMILES string of the molecule is Cc1c(C(=O)O)cn(CC2CC2)c1-c1ccccc1C(F)(F)F. The summed E-state index contributed by atoms with van der Waals surface area (Å²) in [5.74, 6) is -0.706. The zero-order valence-corrected chi connectivity index (χ0v) is 12.5. The fourth-order valence-corrected chi connectivity index (χ4v) is 2.89. The van der Waals surface area contributed by atoms with Crippen molar-refractivity contribution in [2.45, 2.75) is 32.5 Å². The first-order valence-electron chi connectivity index (χ1n) is 7.38. The molecule has 0 spiro atoms. The van der Waals surface area contributed by atoms with Crippen molar-refractivity contribution >= 4 is 5.97 Å². The minimum Gasteiger partial charge on any atom is -0.478 e. The molecule has 3 nitrogen and oxygen atoms in total. The molecule has 0 atom stereocenters. The van der Waals surface area contributed by atoms with Crippen molar-refractivity contribution < 1.29 is 23.1 Å². The zero-order valence-electron chi connectivity index (χ0n) is 12.5. The summed E-state index contributed by atoms with van der Waals surface area (Å²) in [4.78, 5) is 11.4. The average Bonchev–Trinajstić information content (AvgIpc) is 3.21. The number of aromatic carboxylic acids is 1. The van der Waals surface area contributed by atoms with Gasteiger partial charge < -0.3 is 9.67 Å². The van der Waals surface area contributed by atoms with Gasteiger partial charge in [0.25, 0.3) is 0 Å². The van der Waals surface area contributed by atoms with Crippen molar-refractivity contribution in [3.63, 3.8) is 0 Å². The third kappa shape index (κ3) is 2.98. The van der Waals surface area contributed by atoms with Crippen LogP contribution in [0.25, 0.3) is 11.3 Å². The second-order valence-electron chi connectivity index (χ2n) is 5.96. The predicted molar refractivity (Wildman–Crippen MR) is 79.3 cm³/mol. The van der Waals surface area contributed by atoms with Gasteiger partial charge in [0.1, 0.15) is 0 Å². The van der Waals surface area contributed by atoms with E-state index in [2.05, 4.69) is 0 Å². The molecule has 23 heavy (non-hydrogen) atoms. The van der Waals surface area contributed by atoms with Crippen molar-refractivity contribution in [1.29, 1.82) is 0 Å². The average molecular weight is 323 g/mol. The molecule has 1 aromatic heterocycles. The van der Waals surface area contributed by atoms with Crippen molar-refractivity contribution in [2.24, 2.45) is 5.92 Å². The number of aromatic nitrogens is 1. The highest BCUT2D eigenvalue weighted by atomic mass is 19.4. The molecule has 1 aromatic carbocycles. The van der Waals surface area contributed by atoms with Gasteiger partial charge in [-0.15, -0.1) is 0 Å². The van der Waals surface area contributed by atoms with Crippen molar-refractivity contribution in [3.05, 3.63) is 47.2 Å². The number of rotatable bonds is 4. The third-order valence-corrected chi connectivity index (χ3v) is 4.20. The molecule has 0 saturated heterocycles. The van der Waals surface area contributed by atoms with E-state index < -0.39 is 17.7 Å². The van der Waals surface area contributed by atoms with E-state index in [9.17, 15) is 23.1 Å². The molecular weight excluding hydrogens is 307 g/mol. The Morgan fingerprint density at radius 2 is 1.96 bits per heavy atom. The van der Waals surface area contributed by atoms with E-state index in [0.717, 1.165) is 18.9 Å². The standard InChI is InChI=1S/C17H16F3NO2/c1-10-13(16(22)23)9-21(8-11-6-7-11)15(10)12-4-2-3-5-14(12)17(18,19)20/h2-5,9,11H,6-8H2,1H3,(H,22,23). The summed E-state index contributed by atoms with van der Waals surface area (Å²) < 4.78 is 41.6. The number of carbonyl (C=O) groups is 1. The second-order valence-corrected chi connectivity index (χ2v) is 5.96. The molecule has 1 heterocycles. The second kappa shape index (κ2) is 5.44. The summed E-state index contributed by atoms with van der Waals surface area (Å²) in [6, 6.07) is 5.32. The van der Waals surface area contributed by atoms with Gasteiger partial charge in [0.15, 0.2) is 0 Å². The number of hydrogen-bond acceptors (Lipinski definition) is 1. The molecule has 6 heteroatoms. The fourth-order valence-electron chi connectivity index (χ4n) is 2.89. The minimum atomic E-state index is -4.49. The Morgan fingerprint density at radius 3 is 2.52 bits per heavy atom. The number of hydrogen-bond donors (Lipinski definition) is 1. The van der Waals surface area contributed by atoms with Crippen molar-refractivity contribution in [3.8, 4) is 11.3 Å². The Hall–Kier alpha value is -2.24. The molecule has 1 aliphatic carbocycles. The topological polar surface area (TPSA) is 42.2 Å². The van der Waals surface area contributed by atoms with Crippen LogP contribution in [0.15, 0.2) is 30.5 Å². The highest BCUT2D eigenvalue weighted by molar-refractivity contribution is 5.92. The Labute approximate surface area is 131 Å². The third-order valence-electron chi connectivity index (χ3n) is 4.20. The molecule has 0 bridgehead atoms. The maximum Gasteiger partial charge on any atom is 0.417 e. The first kappa shape index (κ1) is 15.6. The number of nitrogens with zero attached hydrogens (tertiary/aromatic N) is 1. The Bertz CT molecular complexity index is 758. The van der Waals surface area contributed by atoms with Crippen LogP contribution in [0.1, 0.15) is 34.3 Å². The fraction of sp³-hybridized carbons (Fsp3) is 0.353. The lowest BCUT2D eigenvalue weighted by Crippen LogP contribution is -2.09. The molecule has 1 aliphatic rings. The van der Waals surface area contributed by atoms with Crippen molar-refractivity contribution in [1.82, 2.24) is 4.57 Å². The van der Waals surface area contributed by atoms with E-state index in [1.165, 1.54) is 18.3 Å². The first-order valence-corrected chi connectivity index (χ1v) is 7.38. The number of benzene rings is 1. The highest BCUT2D eigenvalue weighted by Gasteiger charge is 2.35. The number of halogens is 3. The molecule has 0 amide bonds. The Morgan fingerprint density at radius 1 is 1.30 bits per heavy atom. The lowest BCUT2D eigenvalue weighted by Gasteiger charge is -2.16. The van der Waals surface area contributed by atoms with Gasteiger partial charge in [-0.05, 0) is 37.3 Å². The first-order chi connectivity index (χ1) is 10.8. The predicted octanol–water partition coefficient (Wildman–Crippen LogP) is 4.59. The van der Waals surface area contributed by atoms with Gasteiger partial charge in [0.2, 0.25) is 0 Å². The van der Waals surface area contributed by atoms with Gasteiger partial charge in [-0.3, -0.25) is 0 Å². The molecular formula is C17H16F3NO2. The molecule has 0 aliphatic heterocycles. The van der Waals surface area contributed by atoms with Crippen LogP contribution >= 0.6 is 0 Å². The lowest BCUT2D eigenvalue weighted by atomic mass is 10.00. The number of carboxylic acids is 1. The van der Waals surface area contributed by atoms with Crippen LogP contribution in [0, 0.1) is 12.8 Å². The molecule has 1 fully saturated rings. The van der Waals surface area contributed by atoms with Gasteiger partial charge in [-0.25, -0.2) is 4.79 Å². The molecule has 3 rings (SSSR count). The zero-order chi connectivity index (χ0) is 16.8. The van der Waals surface area contributed by atoms with Crippen LogP contribution in [0.4, 0.5) is 13.2 Å². The van der Waals surface area contributed by atoms with Gasteiger partial charge in [-0.2, -0.15) is 13.2 Å². The molecule has 1 N–H and O–H groups in total. The van der Waals surface area contributed by atoms with Gasteiger partial charge in [0.05, 0.1) is 16.8 Å². The quantitative estimate of drug-likeness (QED) is 0.894. The molecule has 1 saturated carbocycles. The van der Waals surface area contributed by atoms with E-state index in [0.29, 0.717) is 23.7 Å². The highest BCUT2D eigenvalue weighted by Crippen LogP contribution is 2.40. The largest absolute Gasteiger partial charge is 0.478 e. The van der Waals surface area contributed by atoms with Crippen LogP contribution in [-0.4, -0.2) is 15.6 Å². The van der Waals surface area contributed by atoms with E-state index in [-0.39, 0.29) is 11.1 Å². The van der Waals surface area contributed by atoms with E-state index >= 15 is 0 Å². The maximum atomic E-state index is 13.3. The molecule has 0 radical (unpaired) electrons. The molecule has 122 valence electrons. The molecule has 0 unspecified atom stereocenters.